The summed E-state index contributed by atoms with van der Waals surface area (Å²) in [5.41, 5.74) is 1.15. The van der Waals surface area contributed by atoms with E-state index in [1.807, 2.05) is 0 Å². The lowest BCUT2D eigenvalue weighted by atomic mass is 10.1. The van der Waals surface area contributed by atoms with Gasteiger partial charge in [0.15, 0.2) is 0 Å². The third-order valence-electron chi connectivity index (χ3n) is 3.47. The zero-order valence-corrected chi connectivity index (χ0v) is 15.6. The highest BCUT2D eigenvalue weighted by atomic mass is 35.5. The van der Waals surface area contributed by atoms with Gasteiger partial charge >= 0.3 is 0 Å². The lowest BCUT2D eigenvalue weighted by Gasteiger charge is -2.11. The molecule has 0 amide bonds. The summed E-state index contributed by atoms with van der Waals surface area (Å²) in [4.78, 5) is 17.1. The van der Waals surface area contributed by atoms with E-state index in [0.29, 0.717) is 31.9 Å². The maximum Gasteiger partial charge on any atom is 0.211 e. The number of halogens is 4. The molecule has 3 nitrogen and oxygen atoms in total. The molecule has 0 radical (unpaired) electrons. The minimum atomic E-state index is -0.310. The molecule has 25 heavy (non-hydrogen) atoms. The van der Waals surface area contributed by atoms with Crippen molar-refractivity contribution in [2.24, 2.45) is 0 Å². The zero-order valence-electron chi connectivity index (χ0n) is 12.6. The van der Waals surface area contributed by atoms with E-state index in [-0.39, 0.29) is 10.8 Å². The molecule has 126 valence electrons. The normalized spacial score (nSPS) is 11.6. The van der Waals surface area contributed by atoms with E-state index >= 15 is 0 Å². The summed E-state index contributed by atoms with van der Waals surface area (Å²) >= 11 is 24.6. The molecule has 0 aliphatic heterocycles. The van der Waals surface area contributed by atoms with E-state index in [9.17, 15) is 4.79 Å². The molecule has 0 spiro atoms. The second-order valence-corrected chi connectivity index (χ2v) is 6.75. The molecule has 0 atom stereocenters. The Bertz CT molecular complexity index is 945. The van der Waals surface area contributed by atoms with Crippen LogP contribution in [0.5, 0.6) is 0 Å². The number of hydrogen-bond acceptors (Lipinski definition) is 2. The van der Waals surface area contributed by atoms with Crippen molar-refractivity contribution < 1.29 is 4.79 Å². The van der Waals surface area contributed by atoms with Gasteiger partial charge in [-0.05, 0) is 36.4 Å². The van der Waals surface area contributed by atoms with Gasteiger partial charge in [0, 0.05) is 38.6 Å². The molecule has 0 saturated heterocycles. The van der Waals surface area contributed by atoms with Gasteiger partial charge in [0.05, 0.1) is 17.0 Å². The van der Waals surface area contributed by atoms with Crippen molar-refractivity contribution in [3.05, 3.63) is 86.3 Å². The second-order valence-electron chi connectivity index (χ2n) is 5.09. The predicted molar refractivity (Wildman–Crippen MR) is 104 cm³/mol. The van der Waals surface area contributed by atoms with Gasteiger partial charge in [0.25, 0.3) is 0 Å². The monoisotopic (exact) mass is 410 g/mol. The fourth-order valence-corrected chi connectivity index (χ4v) is 3.26. The van der Waals surface area contributed by atoms with Gasteiger partial charge in [-0.15, -0.1) is 0 Å². The smallest absolute Gasteiger partial charge is 0.211 e. The van der Waals surface area contributed by atoms with E-state index < -0.39 is 0 Å². The quantitative estimate of drug-likeness (QED) is 0.368. The van der Waals surface area contributed by atoms with Crippen LogP contribution >= 0.6 is 46.4 Å². The molecule has 0 aliphatic rings. The number of nitrogens with zero attached hydrogens (tertiary/aromatic N) is 2. The third kappa shape index (κ3) is 3.91. The number of carbonyl (C=O) groups excluding carboxylic acids is 1. The van der Waals surface area contributed by atoms with Crippen molar-refractivity contribution in [1.82, 2.24) is 9.55 Å². The number of imidazole rings is 1. The van der Waals surface area contributed by atoms with Crippen LogP contribution in [0.4, 0.5) is 0 Å². The highest BCUT2D eigenvalue weighted by Gasteiger charge is 2.18. The van der Waals surface area contributed by atoms with Crippen LogP contribution < -0.4 is 0 Å². The van der Waals surface area contributed by atoms with Crippen molar-refractivity contribution in [2.45, 2.75) is 0 Å². The average Bonchev–Trinajstić information content (AvgIpc) is 3.08. The van der Waals surface area contributed by atoms with Crippen LogP contribution in [-0.2, 0) is 0 Å². The number of carbonyl (C=O) groups is 1. The van der Waals surface area contributed by atoms with Gasteiger partial charge in [-0.2, -0.15) is 0 Å². The lowest BCUT2D eigenvalue weighted by Crippen LogP contribution is -2.09. The Balaban J connectivity index is 2.17. The summed E-state index contributed by atoms with van der Waals surface area (Å²) in [6.07, 6.45) is 6.34. The first kappa shape index (κ1) is 18.0. The van der Waals surface area contributed by atoms with Gasteiger partial charge < -0.3 is 4.57 Å². The Morgan fingerprint density at radius 1 is 1.00 bits per heavy atom. The number of allylic oxidation sites excluding steroid dienone is 1. The molecular formula is C18H10Cl4N2O. The predicted octanol–water partition coefficient (Wildman–Crippen LogP) is 6.38. The number of ketones is 1. The molecule has 3 rings (SSSR count). The first-order chi connectivity index (χ1) is 12.0. The first-order valence-electron chi connectivity index (χ1n) is 7.11. The van der Waals surface area contributed by atoms with Crippen molar-refractivity contribution in [3.63, 3.8) is 0 Å². The fourth-order valence-electron chi connectivity index (χ4n) is 2.26. The summed E-state index contributed by atoms with van der Waals surface area (Å²) in [5.74, 6) is -0.310. The minimum Gasteiger partial charge on any atom is -0.303 e. The molecule has 0 bridgehead atoms. The topological polar surface area (TPSA) is 34.9 Å². The Morgan fingerprint density at radius 3 is 2.32 bits per heavy atom. The molecule has 0 unspecified atom stereocenters. The summed E-state index contributed by atoms with van der Waals surface area (Å²) in [6, 6.07) is 9.83. The van der Waals surface area contributed by atoms with Crippen LogP contribution in [0.1, 0.15) is 15.9 Å². The minimum absolute atomic E-state index is 0.258. The molecule has 2 aromatic carbocycles. The molecule has 0 saturated carbocycles. The number of rotatable bonds is 4. The number of aromatic nitrogens is 2. The maximum absolute atomic E-state index is 13.1. The van der Waals surface area contributed by atoms with Crippen molar-refractivity contribution in [1.29, 1.82) is 0 Å². The average molecular weight is 412 g/mol. The van der Waals surface area contributed by atoms with E-state index in [1.165, 1.54) is 12.4 Å². The molecular weight excluding hydrogens is 402 g/mol. The molecule has 1 heterocycles. The SMILES string of the molecule is O=C(/C(=C\c1c(Cl)cccc1Cl)n1ccnc1)c1ccc(Cl)cc1Cl. The number of benzene rings is 2. The molecule has 0 N–H and O–H groups in total. The van der Waals surface area contributed by atoms with Crippen LogP contribution in [-0.4, -0.2) is 15.3 Å². The van der Waals surface area contributed by atoms with E-state index in [4.69, 9.17) is 46.4 Å². The van der Waals surface area contributed by atoms with Crippen LogP contribution in [0.25, 0.3) is 11.8 Å². The van der Waals surface area contributed by atoms with Gasteiger partial charge in [-0.1, -0.05) is 52.5 Å². The largest absolute Gasteiger partial charge is 0.303 e. The Hall–Kier alpha value is -1.78. The summed E-state index contributed by atoms with van der Waals surface area (Å²) in [5, 5.41) is 1.57. The Labute approximate surface area is 164 Å². The van der Waals surface area contributed by atoms with Gasteiger partial charge in [-0.25, -0.2) is 4.98 Å². The first-order valence-corrected chi connectivity index (χ1v) is 8.62. The summed E-state index contributed by atoms with van der Waals surface area (Å²) in [7, 11) is 0. The number of Topliss-reactive ketones (excluding diaryl/α,β-unsaturated/α-hetero) is 1. The second kappa shape index (κ2) is 7.63. The van der Waals surface area contributed by atoms with Crippen molar-refractivity contribution >= 4 is 64.0 Å². The molecule has 7 heteroatoms. The van der Waals surface area contributed by atoms with Crippen LogP contribution in [0, 0.1) is 0 Å². The maximum atomic E-state index is 13.1. The highest BCUT2D eigenvalue weighted by Crippen LogP contribution is 2.30. The van der Waals surface area contributed by atoms with Gasteiger partial charge in [0.1, 0.15) is 0 Å². The van der Waals surface area contributed by atoms with E-state index in [2.05, 4.69) is 4.98 Å². The standard InChI is InChI=1S/C18H10Cl4N2O/c19-11-4-5-12(16(22)8-11)18(25)17(24-7-6-23-10-24)9-13-14(20)2-1-3-15(13)21/h1-10H/b17-9+. The third-order valence-corrected chi connectivity index (χ3v) is 4.68. The highest BCUT2D eigenvalue weighted by molar-refractivity contribution is 6.41. The van der Waals surface area contributed by atoms with Crippen LogP contribution in [0.2, 0.25) is 20.1 Å². The summed E-state index contributed by atoms with van der Waals surface area (Å²) in [6.45, 7) is 0. The van der Waals surface area contributed by atoms with Gasteiger partial charge in [0.2, 0.25) is 5.78 Å². The van der Waals surface area contributed by atoms with E-state index in [0.717, 1.165) is 0 Å². The van der Waals surface area contributed by atoms with Crippen LogP contribution in [0.3, 0.4) is 0 Å². The molecule has 0 aliphatic carbocycles. The fraction of sp³-hybridized carbons (Fsp3) is 0. The molecule has 0 fully saturated rings. The molecule has 3 aromatic rings. The lowest BCUT2D eigenvalue weighted by molar-refractivity contribution is 0.105. The Kier molecular flexibility index (Phi) is 5.50. The summed E-state index contributed by atoms with van der Waals surface area (Å²) < 4.78 is 1.58. The van der Waals surface area contributed by atoms with Crippen molar-refractivity contribution in [3.8, 4) is 0 Å². The van der Waals surface area contributed by atoms with E-state index in [1.54, 1.807) is 53.4 Å². The number of hydrogen-bond donors (Lipinski definition) is 0. The molecule has 1 aromatic heterocycles. The van der Waals surface area contributed by atoms with Gasteiger partial charge in [-0.3, -0.25) is 4.79 Å². The zero-order chi connectivity index (χ0) is 18.0. The van der Waals surface area contributed by atoms with Crippen LogP contribution in [0.15, 0.2) is 55.1 Å². The Morgan fingerprint density at radius 2 is 1.72 bits per heavy atom. The van der Waals surface area contributed by atoms with Crippen molar-refractivity contribution in [2.75, 3.05) is 0 Å².